The van der Waals surface area contributed by atoms with Gasteiger partial charge in [-0.05, 0) is 48.9 Å². The highest BCUT2D eigenvalue weighted by Gasteiger charge is 2.18. The van der Waals surface area contributed by atoms with Crippen molar-refractivity contribution in [2.24, 2.45) is 0 Å². The summed E-state index contributed by atoms with van der Waals surface area (Å²) in [5, 5.41) is 8.86. The quantitative estimate of drug-likeness (QED) is 0.841. The van der Waals surface area contributed by atoms with E-state index in [-0.39, 0.29) is 6.10 Å². The highest BCUT2D eigenvalue weighted by molar-refractivity contribution is 5.65. The van der Waals surface area contributed by atoms with E-state index in [2.05, 4.69) is 5.48 Å². The standard InChI is InChI=1S/C17H17NO3/c1-12-14(11-18-19)9-13-10-16(7-8-17(13)20-12)21-15-5-3-2-4-6-15/h2-10,12,18-19H,11H2,1H3. The zero-order valence-corrected chi connectivity index (χ0v) is 11.7. The van der Waals surface area contributed by atoms with E-state index in [0.717, 1.165) is 28.4 Å². The van der Waals surface area contributed by atoms with Crippen molar-refractivity contribution in [2.45, 2.75) is 13.0 Å². The van der Waals surface area contributed by atoms with Crippen molar-refractivity contribution < 1.29 is 14.7 Å². The number of fused-ring (bicyclic) bond motifs is 1. The second-order valence-electron chi connectivity index (χ2n) is 4.93. The first kappa shape index (κ1) is 13.7. The van der Waals surface area contributed by atoms with Crippen molar-refractivity contribution >= 4 is 6.08 Å². The van der Waals surface area contributed by atoms with E-state index in [1.54, 1.807) is 0 Å². The number of hydroxylamine groups is 1. The summed E-state index contributed by atoms with van der Waals surface area (Å²) in [6.07, 6.45) is 1.96. The first-order valence-electron chi connectivity index (χ1n) is 6.87. The molecule has 1 aliphatic heterocycles. The summed E-state index contributed by atoms with van der Waals surface area (Å²) in [7, 11) is 0. The van der Waals surface area contributed by atoms with Crippen LogP contribution in [0, 0.1) is 0 Å². The average Bonchev–Trinajstić information content (AvgIpc) is 2.50. The van der Waals surface area contributed by atoms with E-state index >= 15 is 0 Å². The van der Waals surface area contributed by atoms with Crippen LogP contribution in [0.2, 0.25) is 0 Å². The van der Waals surface area contributed by atoms with Gasteiger partial charge < -0.3 is 14.7 Å². The molecular formula is C17H17NO3. The molecule has 1 atom stereocenters. The van der Waals surface area contributed by atoms with Crippen LogP contribution in [0.3, 0.4) is 0 Å². The molecule has 4 nitrogen and oxygen atoms in total. The third-order valence-electron chi connectivity index (χ3n) is 3.41. The van der Waals surface area contributed by atoms with Crippen molar-refractivity contribution in [1.82, 2.24) is 5.48 Å². The molecule has 1 unspecified atom stereocenters. The molecule has 0 aliphatic carbocycles. The number of nitrogens with one attached hydrogen (secondary N) is 1. The van der Waals surface area contributed by atoms with Gasteiger partial charge in [-0.1, -0.05) is 18.2 Å². The van der Waals surface area contributed by atoms with Crippen LogP contribution >= 0.6 is 0 Å². The number of para-hydroxylation sites is 1. The molecule has 0 radical (unpaired) electrons. The second kappa shape index (κ2) is 5.99. The lowest BCUT2D eigenvalue weighted by molar-refractivity contribution is 0.164. The SMILES string of the molecule is CC1Oc2ccc(Oc3ccccc3)cc2C=C1CNO. The minimum Gasteiger partial charge on any atom is -0.486 e. The Morgan fingerprint density at radius 1 is 1.14 bits per heavy atom. The van der Waals surface area contributed by atoms with E-state index in [1.165, 1.54) is 0 Å². The molecule has 21 heavy (non-hydrogen) atoms. The second-order valence-corrected chi connectivity index (χ2v) is 4.93. The predicted molar refractivity (Wildman–Crippen MR) is 80.8 cm³/mol. The molecule has 0 amide bonds. The van der Waals surface area contributed by atoms with Gasteiger partial charge in [-0.25, -0.2) is 5.48 Å². The van der Waals surface area contributed by atoms with E-state index in [1.807, 2.05) is 61.5 Å². The molecule has 0 spiro atoms. The molecule has 1 heterocycles. The predicted octanol–water partition coefficient (Wildman–Crippen LogP) is 3.62. The summed E-state index contributed by atoms with van der Waals surface area (Å²) >= 11 is 0. The maximum Gasteiger partial charge on any atom is 0.128 e. The number of hydrogen-bond donors (Lipinski definition) is 2. The van der Waals surface area contributed by atoms with Crippen molar-refractivity contribution in [3.8, 4) is 17.2 Å². The molecule has 4 heteroatoms. The summed E-state index contributed by atoms with van der Waals surface area (Å²) < 4.78 is 11.6. The zero-order valence-electron chi connectivity index (χ0n) is 11.7. The van der Waals surface area contributed by atoms with E-state index < -0.39 is 0 Å². The first-order chi connectivity index (χ1) is 10.3. The van der Waals surface area contributed by atoms with E-state index in [4.69, 9.17) is 14.7 Å². The summed E-state index contributed by atoms with van der Waals surface area (Å²) in [4.78, 5) is 0. The van der Waals surface area contributed by atoms with Crippen LogP contribution in [0.25, 0.3) is 6.08 Å². The first-order valence-corrected chi connectivity index (χ1v) is 6.87. The highest BCUT2D eigenvalue weighted by atomic mass is 16.5. The summed E-state index contributed by atoms with van der Waals surface area (Å²) in [6, 6.07) is 15.4. The van der Waals surface area contributed by atoms with Crippen LogP contribution in [-0.2, 0) is 0 Å². The monoisotopic (exact) mass is 283 g/mol. The van der Waals surface area contributed by atoms with Crippen LogP contribution in [0.1, 0.15) is 12.5 Å². The third kappa shape index (κ3) is 3.07. The molecule has 2 aromatic carbocycles. The lowest BCUT2D eigenvalue weighted by Gasteiger charge is -2.24. The Kier molecular flexibility index (Phi) is 3.90. The molecule has 0 aromatic heterocycles. The topological polar surface area (TPSA) is 50.7 Å². The maximum atomic E-state index is 8.86. The van der Waals surface area contributed by atoms with Gasteiger partial charge in [0.05, 0.1) is 0 Å². The van der Waals surface area contributed by atoms with E-state index in [0.29, 0.717) is 6.54 Å². The summed E-state index contributed by atoms with van der Waals surface area (Å²) in [5.41, 5.74) is 4.11. The largest absolute Gasteiger partial charge is 0.486 e. The maximum absolute atomic E-state index is 8.86. The summed E-state index contributed by atoms with van der Waals surface area (Å²) in [5.74, 6) is 2.37. The molecule has 1 aliphatic rings. The molecule has 108 valence electrons. The molecule has 2 aromatic rings. The number of rotatable bonds is 4. The fourth-order valence-corrected chi connectivity index (χ4v) is 2.30. The smallest absolute Gasteiger partial charge is 0.128 e. The minimum atomic E-state index is -0.0574. The third-order valence-corrected chi connectivity index (χ3v) is 3.41. The Morgan fingerprint density at radius 2 is 1.95 bits per heavy atom. The lowest BCUT2D eigenvalue weighted by Crippen LogP contribution is -2.25. The van der Waals surface area contributed by atoms with Gasteiger partial charge in [-0.3, -0.25) is 0 Å². The normalized spacial score (nSPS) is 16.7. The Bertz CT molecular complexity index is 652. The van der Waals surface area contributed by atoms with E-state index in [9.17, 15) is 0 Å². The van der Waals surface area contributed by atoms with Gasteiger partial charge in [-0.2, -0.15) is 0 Å². The van der Waals surface area contributed by atoms with Gasteiger partial charge in [0.25, 0.3) is 0 Å². The molecule has 2 N–H and O–H groups in total. The highest BCUT2D eigenvalue weighted by Crippen LogP contribution is 2.33. The van der Waals surface area contributed by atoms with Gasteiger partial charge in [0.2, 0.25) is 0 Å². The zero-order chi connectivity index (χ0) is 14.7. The fourth-order valence-electron chi connectivity index (χ4n) is 2.30. The Balaban J connectivity index is 1.87. The van der Waals surface area contributed by atoms with Crippen LogP contribution < -0.4 is 15.0 Å². The van der Waals surface area contributed by atoms with Crippen LogP contribution in [-0.4, -0.2) is 17.9 Å². The minimum absolute atomic E-state index is 0.0574. The van der Waals surface area contributed by atoms with Crippen molar-refractivity contribution in [3.05, 3.63) is 59.7 Å². The number of ether oxygens (including phenoxy) is 2. The Morgan fingerprint density at radius 3 is 2.71 bits per heavy atom. The van der Waals surface area contributed by atoms with Gasteiger partial charge in [-0.15, -0.1) is 0 Å². The van der Waals surface area contributed by atoms with Gasteiger partial charge in [0.1, 0.15) is 23.4 Å². The number of hydrogen-bond acceptors (Lipinski definition) is 4. The molecule has 0 saturated carbocycles. The van der Waals surface area contributed by atoms with Gasteiger partial charge in [0.15, 0.2) is 0 Å². The van der Waals surface area contributed by atoms with Gasteiger partial charge >= 0.3 is 0 Å². The van der Waals surface area contributed by atoms with Gasteiger partial charge in [0, 0.05) is 12.1 Å². The molecule has 0 fully saturated rings. The Labute approximate surface area is 123 Å². The average molecular weight is 283 g/mol. The number of benzene rings is 2. The van der Waals surface area contributed by atoms with Crippen LogP contribution in [0.4, 0.5) is 0 Å². The van der Waals surface area contributed by atoms with Crippen LogP contribution in [0.15, 0.2) is 54.1 Å². The molecule has 0 saturated heterocycles. The van der Waals surface area contributed by atoms with Crippen LogP contribution in [0.5, 0.6) is 17.2 Å². The molecule has 0 bridgehead atoms. The van der Waals surface area contributed by atoms with Crippen molar-refractivity contribution in [1.29, 1.82) is 0 Å². The molecule has 3 rings (SSSR count). The summed E-state index contributed by atoms with van der Waals surface area (Å²) in [6.45, 7) is 2.34. The molecular weight excluding hydrogens is 266 g/mol. The Hall–Kier alpha value is -2.30. The fraction of sp³-hybridized carbons (Fsp3) is 0.176. The lowest BCUT2D eigenvalue weighted by atomic mass is 10.0. The van der Waals surface area contributed by atoms with Crippen molar-refractivity contribution in [2.75, 3.05) is 6.54 Å². The van der Waals surface area contributed by atoms with Crippen molar-refractivity contribution in [3.63, 3.8) is 0 Å².